The lowest BCUT2D eigenvalue weighted by Crippen LogP contribution is -2.31. The van der Waals surface area contributed by atoms with E-state index in [1.54, 1.807) is 60.7 Å². The highest BCUT2D eigenvalue weighted by molar-refractivity contribution is 7.99. The average molecular weight is 315 g/mol. The molecule has 1 aliphatic heterocycles. The molecule has 0 aromatic heterocycles. The Balaban J connectivity index is 2.03. The summed E-state index contributed by atoms with van der Waals surface area (Å²) in [4.78, 5) is 11.8. The van der Waals surface area contributed by atoms with E-state index in [2.05, 4.69) is 0 Å². The maximum atomic E-state index is 12.6. The monoisotopic (exact) mass is 315 g/mol. The quantitative estimate of drug-likeness (QED) is 0.943. The summed E-state index contributed by atoms with van der Waals surface area (Å²) in [5.74, 6) is -1.63. The highest BCUT2D eigenvalue weighted by Gasteiger charge is 2.44. The van der Waals surface area contributed by atoms with E-state index in [0.717, 1.165) is 0 Å². The Morgan fingerprint density at radius 1 is 0.909 bits per heavy atom. The SMILES string of the molecule is O=C1C(O)=C(c2ccccc2)S(=O)(=O)N1Cc1ccccc1. The molecule has 1 N–H and O–H groups in total. The second-order valence-corrected chi connectivity index (χ2v) is 6.65. The first-order chi connectivity index (χ1) is 10.5. The molecule has 0 saturated heterocycles. The summed E-state index contributed by atoms with van der Waals surface area (Å²) in [6, 6.07) is 16.9. The van der Waals surface area contributed by atoms with Gasteiger partial charge in [-0.2, -0.15) is 0 Å². The summed E-state index contributed by atoms with van der Waals surface area (Å²) < 4.78 is 25.9. The summed E-state index contributed by atoms with van der Waals surface area (Å²) in [7, 11) is -4.06. The van der Waals surface area contributed by atoms with Gasteiger partial charge in [-0.1, -0.05) is 60.7 Å². The van der Waals surface area contributed by atoms with Crippen LogP contribution < -0.4 is 0 Å². The summed E-state index contributed by atoms with van der Waals surface area (Å²) in [6.45, 7) is -0.109. The van der Waals surface area contributed by atoms with E-state index in [1.807, 2.05) is 0 Å². The van der Waals surface area contributed by atoms with Crippen molar-refractivity contribution < 1.29 is 18.3 Å². The fourth-order valence-corrected chi connectivity index (χ4v) is 3.95. The van der Waals surface area contributed by atoms with Gasteiger partial charge in [0.2, 0.25) is 5.76 Å². The minimum Gasteiger partial charge on any atom is -0.502 e. The first-order valence-electron chi connectivity index (χ1n) is 6.61. The molecule has 2 aromatic rings. The van der Waals surface area contributed by atoms with Crippen LogP contribution >= 0.6 is 0 Å². The van der Waals surface area contributed by atoms with E-state index in [0.29, 0.717) is 15.4 Å². The summed E-state index contributed by atoms with van der Waals surface area (Å²) >= 11 is 0. The third kappa shape index (κ3) is 2.27. The Labute approximate surface area is 128 Å². The van der Waals surface area contributed by atoms with Crippen LogP contribution in [-0.4, -0.2) is 23.7 Å². The lowest BCUT2D eigenvalue weighted by molar-refractivity contribution is -0.125. The summed E-state index contributed by atoms with van der Waals surface area (Å²) in [6.07, 6.45) is 0. The Bertz CT molecular complexity index is 842. The molecule has 6 heteroatoms. The zero-order chi connectivity index (χ0) is 15.7. The van der Waals surface area contributed by atoms with Gasteiger partial charge < -0.3 is 5.11 Å². The molecule has 0 unspecified atom stereocenters. The number of hydrogen-bond donors (Lipinski definition) is 1. The molecule has 5 nitrogen and oxygen atoms in total. The van der Waals surface area contributed by atoms with E-state index in [4.69, 9.17) is 0 Å². The van der Waals surface area contributed by atoms with Crippen molar-refractivity contribution in [1.82, 2.24) is 4.31 Å². The third-order valence-corrected chi connectivity index (χ3v) is 5.22. The molecule has 1 aliphatic rings. The van der Waals surface area contributed by atoms with Crippen LogP contribution in [0.2, 0.25) is 0 Å². The number of nitrogens with zero attached hydrogens (tertiary/aromatic N) is 1. The minimum atomic E-state index is -4.06. The van der Waals surface area contributed by atoms with Crippen molar-refractivity contribution in [2.24, 2.45) is 0 Å². The van der Waals surface area contributed by atoms with Crippen LogP contribution in [0.5, 0.6) is 0 Å². The lowest BCUT2D eigenvalue weighted by atomic mass is 10.2. The number of aliphatic hydroxyl groups excluding tert-OH is 1. The second kappa shape index (κ2) is 5.31. The number of carbonyl (C=O) groups excluding carboxylic acids is 1. The van der Waals surface area contributed by atoms with Gasteiger partial charge >= 0.3 is 5.91 Å². The normalized spacial score (nSPS) is 17.1. The number of amides is 1. The van der Waals surface area contributed by atoms with Crippen molar-refractivity contribution in [3.8, 4) is 0 Å². The summed E-state index contributed by atoms with van der Waals surface area (Å²) in [5, 5.41) is 10.0. The maximum Gasteiger partial charge on any atom is 0.304 e. The van der Waals surface area contributed by atoms with Crippen molar-refractivity contribution in [2.75, 3.05) is 0 Å². The van der Waals surface area contributed by atoms with Gasteiger partial charge in [0.1, 0.15) is 4.91 Å². The van der Waals surface area contributed by atoms with E-state index in [9.17, 15) is 18.3 Å². The number of hydrogen-bond acceptors (Lipinski definition) is 4. The fourth-order valence-electron chi connectivity index (χ4n) is 2.34. The Morgan fingerprint density at radius 3 is 2.05 bits per heavy atom. The average Bonchev–Trinajstić information content (AvgIpc) is 2.69. The second-order valence-electron chi connectivity index (χ2n) is 4.85. The van der Waals surface area contributed by atoms with E-state index in [-0.39, 0.29) is 11.4 Å². The predicted octanol–water partition coefficient (Wildman–Crippen LogP) is 2.29. The van der Waals surface area contributed by atoms with Crippen molar-refractivity contribution in [3.63, 3.8) is 0 Å². The van der Waals surface area contributed by atoms with Crippen LogP contribution in [-0.2, 0) is 21.4 Å². The number of sulfonamides is 1. The van der Waals surface area contributed by atoms with Crippen LogP contribution in [0.15, 0.2) is 66.4 Å². The molecule has 0 radical (unpaired) electrons. The smallest absolute Gasteiger partial charge is 0.304 e. The van der Waals surface area contributed by atoms with Crippen molar-refractivity contribution in [2.45, 2.75) is 6.54 Å². The van der Waals surface area contributed by atoms with Gasteiger partial charge in [0.15, 0.2) is 0 Å². The molecule has 22 heavy (non-hydrogen) atoms. The van der Waals surface area contributed by atoms with Gasteiger partial charge in [-0.15, -0.1) is 0 Å². The molecule has 0 bridgehead atoms. The van der Waals surface area contributed by atoms with Crippen molar-refractivity contribution in [1.29, 1.82) is 0 Å². The molecule has 0 spiro atoms. The molecule has 1 heterocycles. The highest BCUT2D eigenvalue weighted by atomic mass is 32.2. The number of rotatable bonds is 3. The first kappa shape index (κ1) is 14.3. The Morgan fingerprint density at radius 2 is 1.45 bits per heavy atom. The molecule has 0 saturated carbocycles. The molecule has 3 rings (SSSR count). The van der Waals surface area contributed by atoms with Crippen LogP contribution in [0.1, 0.15) is 11.1 Å². The number of carbonyl (C=O) groups is 1. The van der Waals surface area contributed by atoms with E-state index in [1.165, 1.54) is 0 Å². The van der Waals surface area contributed by atoms with Crippen LogP contribution in [0.3, 0.4) is 0 Å². The molecular formula is C16H13NO4S. The molecule has 0 atom stereocenters. The first-order valence-corrected chi connectivity index (χ1v) is 8.05. The molecule has 0 fully saturated rings. The van der Waals surface area contributed by atoms with Crippen LogP contribution in [0.4, 0.5) is 0 Å². The van der Waals surface area contributed by atoms with Gasteiger partial charge in [0.25, 0.3) is 10.0 Å². The molecule has 2 aromatic carbocycles. The molecule has 112 valence electrons. The minimum absolute atomic E-state index is 0.109. The number of aliphatic hydroxyl groups is 1. The van der Waals surface area contributed by atoms with Gasteiger partial charge in [0, 0.05) is 0 Å². The lowest BCUT2D eigenvalue weighted by Gasteiger charge is -2.16. The van der Waals surface area contributed by atoms with Gasteiger partial charge in [-0.25, -0.2) is 12.7 Å². The van der Waals surface area contributed by atoms with Gasteiger partial charge in [-0.05, 0) is 11.1 Å². The van der Waals surface area contributed by atoms with E-state index < -0.39 is 21.7 Å². The largest absolute Gasteiger partial charge is 0.502 e. The molecular weight excluding hydrogens is 302 g/mol. The van der Waals surface area contributed by atoms with Crippen LogP contribution in [0.25, 0.3) is 4.91 Å². The fraction of sp³-hybridized carbons (Fsp3) is 0.0625. The van der Waals surface area contributed by atoms with Crippen LogP contribution in [0, 0.1) is 0 Å². The number of benzene rings is 2. The zero-order valence-corrected chi connectivity index (χ0v) is 12.3. The third-order valence-electron chi connectivity index (χ3n) is 3.40. The van der Waals surface area contributed by atoms with Gasteiger partial charge in [0.05, 0.1) is 6.54 Å². The molecule has 0 aliphatic carbocycles. The van der Waals surface area contributed by atoms with Crippen molar-refractivity contribution in [3.05, 3.63) is 77.5 Å². The maximum absolute atomic E-state index is 12.6. The zero-order valence-electron chi connectivity index (χ0n) is 11.5. The predicted molar refractivity (Wildman–Crippen MR) is 81.9 cm³/mol. The van der Waals surface area contributed by atoms with Gasteiger partial charge in [-0.3, -0.25) is 4.79 Å². The Hall–Kier alpha value is -2.60. The molecule has 1 amide bonds. The topological polar surface area (TPSA) is 74.7 Å². The Kier molecular flexibility index (Phi) is 3.46. The highest BCUT2D eigenvalue weighted by Crippen LogP contribution is 2.35. The summed E-state index contributed by atoms with van der Waals surface area (Å²) in [5.41, 5.74) is 0.963. The standard InChI is InChI=1S/C16H13NO4S/c18-14-15(13-9-5-2-6-10-13)22(20,21)17(16(14)19)11-12-7-3-1-4-8-12/h1-10,18H,11H2. The van der Waals surface area contributed by atoms with E-state index >= 15 is 0 Å². The van der Waals surface area contributed by atoms with Crippen molar-refractivity contribution >= 4 is 20.8 Å².